The number of fused-ring (bicyclic) bond motifs is 1. The van der Waals surface area contributed by atoms with Gasteiger partial charge in [0.1, 0.15) is 5.15 Å². The molecule has 4 nitrogen and oxygen atoms in total. The largest absolute Gasteiger partial charge is 0.384 e. The molecule has 2 aromatic rings. The molecule has 1 aromatic carbocycles. The van der Waals surface area contributed by atoms with E-state index in [2.05, 4.69) is 21.7 Å². The van der Waals surface area contributed by atoms with Crippen LogP contribution in [0.25, 0.3) is 0 Å². The molecule has 2 N–H and O–H groups in total. The second-order valence-electron chi connectivity index (χ2n) is 5.18. The molecule has 1 amide bonds. The number of anilines is 2. The molecule has 5 heteroatoms. The Morgan fingerprint density at radius 1 is 1.38 bits per heavy atom. The highest BCUT2D eigenvalue weighted by molar-refractivity contribution is 6.29. The molecular formula is C16H16ClN3O. The Hall–Kier alpha value is -2.07. The molecule has 0 bridgehead atoms. The first-order valence-electron chi connectivity index (χ1n) is 6.89. The van der Waals surface area contributed by atoms with Crippen molar-refractivity contribution in [2.45, 2.75) is 19.3 Å². The van der Waals surface area contributed by atoms with Gasteiger partial charge < -0.3 is 10.6 Å². The number of nitrogens with one attached hydrogen (secondary N) is 2. The van der Waals surface area contributed by atoms with Gasteiger partial charge in [-0.25, -0.2) is 4.98 Å². The number of rotatable bonds is 3. The quantitative estimate of drug-likeness (QED) is 0.852. The Morgan fingerprint density at radius 3 is 3.00 bits per heavy atom. The first-order valence-corrected chi connectivity index (χ1v) is 7.27. The fourth-order valence-electron chi connectivity index (χ4n) is 2.63. The van der Waals surface area contributed by atoms with E-state index in [9.17, 15) is 4.79 Å². The van der Waals surface area contributed by atoms with E-state index in [4.69, 9.17) is 11.6 Å². The molecule has 0 spiro atoms. The number of hydrogen-bond donors (Lipinski definition) is 2. The van der Waals surface area contributed by atoms with Crippen molar-refractivity contribution in [1.29, 1.82) is 0 Å². The Balaban J connectivity index is 1.68. The van der Waals surface area contributed by atoms with Gasteiger partial charge in [0, 0.05) is 24.6 Å². The number of pyridine rings is 1. The minimum atomic E-state index is -0.00859. The van der Waals surface area contributed by atoms with Gasteiger partial charge >= 0.3 is 0 Å². The van der Waals surface area contributed by atoms with Crippen molar-refractivity contribution in [2.24, 2.45) is 0 Å². The number of amides is 1. The van der Waals surface area contributed by atoms with E-state index in [1.165, 1.54) is 5.56 Å². The van der Waals surface area contributed by atoms with Crippen LogP contribution in [-0.2, 0) is 4.79 Å². The number of hydrogen-bond acceptors (Lipinski definition) is 3. The van der Waals surface area contributed by atoms with E-state index in [1.807, 2.05) is 25.1 Å². The van der Waals surface area contributed by atoms with Crippen molar-refractivity contribution in [2.75, 3.05) is 17.2 Å². The average molecular weight is 302 g/mol. The lowest BCUT2D eigenvalue weighted by Crippen LogP contribution is -2.17. The van der Waals surface area contributed by atoms with E-state index < -0.39 is 0 Å². The van der Waals surface area contributed by atoms with Crippen LogP contribution in [0.15, 0.2) is 36.4 Å². The van der Waals surface area contributed by atoms with Gasteiger partial charge in [0.2, 0.25) is 5.91 Å². The second kappa shape index (κ2) is 5.74. The molecule has 0 aliphatic carbocycles. The van der Waals surface area contributed by atoms with Crippen LogP contribution < -0.4 is 10.6 Å². The zero-order chi connectivity index (χ0) is 14.8. The van der Waals surface area contributed by atoms with E-state index >= 15 is 0 Å². The molecule has 0 radical (unpaired) electrons. The fraction of sp³-hybridized carbons (Fsp3) is 0.250. The number of aromatic nitrogens is 1. The first-order chi connectivity index (χ1) is 10.1. The molecule has 1 aliphatic heterocycles. The summed E-state index contributed by atoms with van der Waals surface area (Å²) >= 11 is 5.82. The third-order valence-corrected chi connectivity index (χ3v) is 3.91. The van der Waals surface area contributed by atoms with Gasteiger partial charge in [0.15, 0.2) is 0 Å². The number of aryl methyl sites for hydroxylation is 1. The minimum Gasteiger partial charge on any atom is -0.384 e. The lowest BCUT2D eigenvalue weighted by atomic mass is 9.97. The highest BCUT2D eigenvalue weighted by atomic mass is 35.5. The maximum atomic E-state index is 12.2. The molecule has 2 heterocycles. The van der Waals surface area contributed by atoms with Gasteiger partial charge in [-0.05, 0) is 30.7 Å². The maximum absolute atomic E-state index is 12.2. The highest BCUT2D eigenvalue weighted by Crippen LogP contribution is 2.33. The number of carbonyl (C=O) groups is 1. The topological polar surface area (TPSA) is 54.0 Å². The molecule has 0 saturated carbocycles. The van der Waals surface area contributed by atoms with Crippen LogP contribution in [0.2, 0.25) is 5.15 Å². The van der Waals surface area contributed by atoms with Crippen LogP contribution in [0, 0.1) is 6.92 Å². The summed E-state index contributed by atoms with van der Waals surface area (Å²) in [5, 5.41) is 6.67. The third-order valence-electron chi connectivity index (χ3n) is 3.70. The molecule has 21 heavy (non-hydrogen) atoms. The molecule has 0 saturated heterocycles. The van der Waals surface area contributed by atoms with Gasteiger partial charge in [0.25, 0.3) is 0 Å². The van der Waals surface area contributed by atoms with Crippen molar-refractivity contribution in [1.82, 2.24) is 4.98 Å². The number of halogens is 1. The Bertz CT molecular complexity index is 687. The number of benzene rings is 1. The van der Waals surface area contributed by atoms with Crippen LogP contribution in [0.4, 0.5) is 11.4 Å². The van der Waals surface area contributed by atoms with Crippen molar-refractivity contribution in [3.05, 3.63) is 52.8 Å². The van der Waals surface area contributed by atoms with E-state index in [0.29, 0.717) is 17.3 Å². The zero-order valence-electron chi connectivity index (χ0n) is 11.7. The SMILES string of the molecule is Cc1nc(Cl)ccc1NC(=O)CC1CNc2ccccc21. The van der Waals surface area contributed by atoms with E-state index in [1.54, 1.807) is 12.1 Å². The van der Waals surface area contributed by atoms with Crippen LogP contribution in [0.1, 0.15) is 23.6 Å². The predicted molar refractivity (Wildman–Crippen MR) is 84.9 cm³/mol. The van der Waals surface area contributed by atoms with Crippen LogP contribution >= 0.6 is 11.6 Å². The molecule has 3 rings (SSSR count). The van der Waals surface area contributed by atoms with Gasteiger partial charge in [0.05, 0.1) is 11.4 Å². The summed E-state index contributed by atoms with van der Waals surface area (Å²) in [5.41, 5.74) is 3.77. The first kappa shape index (κ1) is 13.9. The Kier molecular flexibility index (Phi) is 3.80. The minimum absolute atomic E-state index is 0.00859. The standard InChI is InChI=1S/C16H16ClN3O/c1-10-13(6-7-15(17)19-10)20-16(21)8-11-9-18-14-5-3-2-4-12(11)14/h2-7,11,18H,8-9H2,1H3,(H,20,21). The van der Waals surface area contributed by atoms with Crippen LogP contribution in [0.5, 0.6) is 0 Å². The summed E-state index contributed by atoms with van der Waals surface area (Å²) in [7, 11) is 0. The molecule has 1 aromatic heterocycles. The maximum Gasteiger partial charge on any atom is 0.225 e. The van der Waals surface area contributed by atoms with Crippen LogP contribution in [-0.4, -0.2) is 17.4 Å². The lowest BCUT2D eigenvalue weighted by Gasteiger charge is -2.12. The smallest absolute Gasteiger partial charge is 0.225 e. The van der Waals surface area contributed by atoms with Crippen molar-refractivity contribution in [3.63, 3.8) is 0 Å². The summed E-state index contributed by atoms with van der Waals surface area (Å²) in [6, 6.07) is 11.6. The van der Waals surface area contributed by atoms with E-state index in [-0.39, 0.29) is 11.8 Å². The van der Waals surface area contributed by atoms with Crippen LogP contribution in [0.3, 0.4) is 0 Å². The number of nitrogens with zero attached hydrogens (tertiary/aromatic N) is 1. The lowest BCUT2D eigenvalue weighted by molar-refractivity contribution is -0.116. The highest BCUT2D eigenvalue weighted by Gasteiger charge is 2.24. The third kappa shape index (κ3) is 3.00. The van der Waals surface area contributed by atoms with Crippen molar-refractivity contribution >= 4 is 28.9 Å². The van der Waals surface area contributed by atoms with Gasteiger partial charge in [-0.2, -0.15) is 0 Å². The fourth-order valence-corrected chi connectivity index (χ4v) is 2.82. The number of carbonyl (C=O) groups excluding carboxylic acids is 1. The second-order valence-corrected chi connectivity index (χ2v) is 5.57. The summed E-state index contributed by atoms with van der Waals surface area (Å²) < 4.78 is 0. The Labute approximate surface area is 128 Å². The Morgan fingerprint density at radius 2 is 2.19 bits per heavy atom. The molecule has 108 valence electrons. The predicted octanol–water partition coefficient (Wildman–Crippen LogP) is 3.58. The molecule has 0 fully saturated rings. The zero-order valence-corrected chi connectivity index (χ0v) is 12.4. The summed E-state index contributed by atoms with van der Waals surface area (Å²) in [6.45, 7) is 2.62. The van der Waals surface area contributed by atoms with E-state index in [0.717, 1.165) is 17.9 Å². The van der Waals surface area contributed by atoms with Gasteiger partial charge in [-0.3, -0.25) is 4.79 Å². The monoisotopic (exact) mass is 301 g/mol. The summed E-state index contributed by atoms with van der Waals surface area (Å²) in [5.74, 6) is 0.201. The molecule has 1 unspecified atom stereocenters. The molecule has 1 atom stereocenters. The number of para-hydroxylation sites is 1. The van der Waals surface area contributed by atoms with Crippen molar-refractivity contribution < 1.29 is 4.79 Å². The summed E-state index contributed by atoms with van der Waals surface area (Å²) in [4.78, 5) is 16.3. The average Bonchev–Trinajstić information content (AvgIpc) is 2.85. The van der Waals surface area contributed by atoms with Crippen molar-refractivity contribution in [3.8, 4) is 0 Å². The normalized spacial score (nSPS) is 16.2. The molecule has 1 aliphatic rings. The van der Waals surface area contributed by atoms with Gasteiger partial charge in [-0.15, -0.1) is 0 Å². The summed E-state index contributed by atoms with van der Waals surface area (Å²) in [6.07, 6.45) is 0.450. The molecular weight excluding hydrogens is 286 g/mol. The van der Waals surface area contributed by atoms with Gasteiger partial charge in [-0.1, -0.05) is 29.8 Å².